The third-order valence-corrected chi connectivity index (χ3v) is 4.64. The van der Waals surface area contributed by atoms with E-state index in [1.807, 2.05) is 30.3 Å². The SMILES string of the molecule is COC(=O)c1ccc(OC)cc1OC(C)C(=O)Nc1ccc(OCc2ccccc2)cc1. The number of nitrogens with one attached hydrogen (secondary N) is 1. The van der Waals surface area contributed by atoms with E-state index < -0.39 is 12.1 Å². The standard InChI is InChI=1S/C25H25NO6/c1-17(32-23-15-21(29-2)13-14-22(23)25(28)30-3)24(27)26-19-9-11-20(12-10-19)31-16-18-7-5-4-6-8-18/h4-15,17H,16H2,1-3H3,(H,26,27). The number of hydrogen-bond acceptors (Lipinski definition) is 6. The molecule has 0 heterocycles. The van der Waals surface area contributed by atoms with Crippen molar-refractivity contribution in [2.24, 2.45) is 0 Å². The predicted molar refractivity (Wildman–Crippen MR) is 120 cm³/mol. The number of carbonyl (C=O) groups excluding carboxylic acids is 2. The zero-order valence-corrected chi connectivity index (χ0v) is 18.2. The maximum Gasteiger partial charge on any atom is 0.341 e. The Morgan fingerprint density at radius 3 is 2.25 bits per heavy atom. The van der Waals surface area contributed by atoms with E-state index in [4.69, 9.17) is 18.9 Å². The molecule has 1 atom stereocenters. The van der Waals surface area contributed by atoms with Gasteiger partial charge in [0, 0.05) is 11.8 Å². The maximum atomic E-state index is 12.6. The maximum absolute atomic E-state index is 12.6. The highest BCUT2D eigenvalue weighted by Gasteiger charge is 2.20. The van der Waals surface area contributed by atoms with Crippen LogP contribution in [-0.2, 0) is 16.1 Å². The average Bonchev–Trinajstić information content (AvgIpc) is 2.83. The second-order valence-electron chi connectivity index (χ2n) is 6.90. The molecule has 3 aromatic carbocycles. The summed E-state index contributed by atoms with van der Waals surface area (Å²) in [5.41, 5.74) is 1.86. The molecular formula is C25H25NO6. The lowest BCUT2D eigenvalue weighted by molar-refractivity contribution is -0.122. The molecule has 0 aliphatic heterocycles. The first-order chi connectivity index (χ1) is 15.5. The molecule has 3 rings (SSSR count). The van der Waals surface area contributed by atoms with Crippen molar-refractivity contribution in [3.63, 3.8) is 0 Å². The Bertz CT molecular complexity index is 1050. The molecule has 0 spiro atoms. The number of amides is 1. The molecular weight excluding hydrogens is 410 g/mol. The van der Waals surface area contributed by atoms with Gasteiger partial charge in [-0.15, -0.1) is 0 Å². The van der Waals surface area contributed by atoms with Crippen molar-refractivity contribution in [2.75, 3.05) is 19.5 Å². The predicted octanol–water partition coefficient (Wildman–Crippen LogP) is 4.47. The van der Waals surface area contributed by atoms with Gasteiger partial charge < -0.3 is 24.3 Å². The number of methoxy groups -OCH3 is 2. The fourth-order valence-electron chi connectivity index (χ4n) is 2.87. The van der Waals surface area contributed by atoms with Crippen molar-refractivity contribution >= 4 is 17.6 Å². The zero-order chi connectivity index (χ0) is 22.9. The highest BCUT2D eigenvalue weighted by molar-refractivity contribution is 5.95. The van der Waals surface area contributed by atoms with Crippen LogP contribution in [0.2, 0.25) is 0 Å². The second-order valence-corrected chi connectivity index (χ2v) is 6.90. The smallest absolute Gasteiger partial charge is 0.341 e. The van der Waals surface area contributed by atoms with Crippen LogP contribution in [0.5, 0.6) is 17.2 Å². The first-order valence-corrected chi connectivity index (χ1v) is 10.0. The summed E-state index contributed by atoms with van der Waals surface area (Å²) in [7, 11) is 2.78. The quantitative estimate of drug-likeness (QED) is 0.500. The number of hydrogen-bond donors (Lipinski definition) is 1. The van der Waals surface area contributed by atoms with Crippen molar-refractivity contribution in [3.05, 3.63) is 83.9 Å². The fraction of sp³-hybridized carbons (Fsp3) is 0.200. The van der Waals surface area contributed by atoms with E-state index in [0.717, 1.165) is 5.56 Å². The number of ether oxygens (including phenoxy) is 4. The molecule has 0 saturated carbocycles. The minimum absolute atomic E-state index is 0.198. The van der Waals surface area contributed by atoms with Crippen molar-refractivity contribution in [2.45, 2.75) is 19.6 Å². The Morgan fingerprint density at radius 2 is 1.59 bits per heavy atom. The van der Waals surface area contributed by atoms with E-state index in [-0.39, 0.29) is 17.2 Å². The normalized spacial score (nSPS) is 11.2. The summed E-state index contributed by atoms with van der Waals surface area (Å²) in [6, 6.07) is 21.6. The third kappa shape index (κ3) is 6.01. The topological polar surface area (TPSA) is 83.1 Å². The fourth-order valence-corrected chi connectivity index (χ4v) is 2.87. The molecule has 3 aromatic rings. The Balaban J connectivity index is 1.60. The minimum atomic E-state index is -0.875. The lowest BCUT2D eigenvalue weighted by Crippen LogP contribution is -2.30. The van der Waals surface area contributed by atoms with Gasteiger partial charge in [0.15, 0.2) is 6.10 Å². The van der Waals surface area contributed by atoms with Crippen LogP contribution in [0.4, 0.5) is 5.69 Å². The monoisotopic (exact) mass is 435 g/mol. The van der Waals surface area contributed by atoms with Crippen molar-refractivity contribution < 1.29 is 28.5 Å². The van der Waals surface area contributed by atoms with Gasteiger partial charge in [0.05, 0.1) is 14.2 Å². The Kier molecular flexibility index (Phi) is 7.70. The van der Waals surface area contributed by atoms with Crippen LogP contribution in [0.25, 0.3) is 0 Å². The second kappa shape index (κ2) is 10.9. The van der Waals surface area contributed by atoms with E-state index >= 15 is 0 Å². The summed E-state index contributed by atoms with van der Waals surface area (Å²) in [6.45, 7) is 2.05. The lowest BCUT2D eigenvalue weighted by atomic mass is 10.2. The molecule has 1 amide bonds. The van der Waals surface area contributed by atoms with Crippen LogP contribution < -0.4 is 19.5 Å². The molecule has 7 nitrogen and oxygen atoms in total. The van der Waals surface area contributed by atoms with Gasteiger partial charge >= 0.3 is 5.97 Å². The first-order valence-electron chi connectivity index (χ1n) is 10.0. The van der Waals surface area contributed by atoms with Gasteiger partial charge in [0.25, 0.3) is 5.91 Å². The number of rotatable bonds is 9. The largest absolute Gasteiger partial charge is 0.497 e. The summed E-state index contributed by atoms with van der Waals surface area (Å²) < 4.78 is 21.4. The highest BCUT2D eigenvalue weighted by Crippen LogP contribution is 2.27. The molecule has 0 bridgehead atoms. The molecule has 0 aliphatic rings. The van der Waals surface area contributed by atoms with Crippen LogP contribution in [0.15, 0.2) is 72.8 Å². The van der Waals surface area contributed by atoms with Crippen LogP contribution >= 0.6 is 0 Å². The number of benzene rings is 3. The molecule has 166 valence electrons. The van der Waals surface area contributed by atoms with Gasteiger partial charge in [0.2, 0.25) is 0 Å². The summed E-state index contributed by atoms with van der Waals surface area (Å²) in [6.07, 6.45) is -0.875. The average molecular weight is 435 g/mol. The van der Waals surface area contributed by atoms with Gasteiger partial charge in [-0.3, -0.25) is 4.79 Å². The van der Waals surface area contributed by atoms with Gasteiger partial charge in [0.1, 0.15) is 29.4 Å². The van der Waals surface area contributed by atoms with Crippen LogP contribution in [0.1, 0.15) is 22.8 Å². The molecule has 0 fully saturated rings. The number of esters is 1. The van der Waals surface area contributed by atoms with E-state index in [0.29, 0.717) is 23.8 Å². The molecule has 0 radical (unpaired) electrons. The van der Waals surface area contributed by atoms with E-state index in [2.05, 4.69) is 5.32 Å². The zero-order valence-electron chi connectivity index (χ0n) is 18.2. The molecule has 7 heteroatoms. The molecule has 0 saturated heterocycles. The van der Waals surface area contributed by atoms with E-state index in [1.165, 1.54) is 26.4 Å². The summed E-state index contributed by atoms with van der Waals surface area (Å²) in [5.74, 6) is 0.438. The van der Waals surface area contributed by atoms with Crippen LogP contribution in [0.3, 0.4) is 0 Å². The van der Waals surface area contributed by atoms with Crippen molar-refractivity contribution in [1.82, 2.24) is 0 Å². The van der Waals surface area contributed by atoms with Crippen LogP contribution in [-0.4, -0.2) is 32.2 Å². The van der Waals surface area contributed by atoms with Gasteiger partial charge in [-0.1, -0.05) is 30.3 Å². The molecule has 0 aliphatic carbocycles. The van der Waals surface area contributed by atoms with Gasteiger partial charge in [-0.25, -0.2) is 4.79 Å². The lowest BCUT2D eigenvalue weighted by Gasteiger charge is -2.17. The number of carbonyl (C=O) groups is 2. The first kappa shape index (κ1) is 22.7. The van der Waals surface area contributed by atoms with Crippen molar-refractivity contribution in [1.29, 1.82) is 0 Å². The summed E-state index contributed by atoms with van der Waals surface area (Å²) in [5, 5.41) is 2.79. The third-order valence-electron chi connectivity index (χ3n) is 4.64. The van der Waals surface area contributed by atoms with Crippen LogP contribution in [0, 0.1) is 0 Å². The molecule has 32 heavy (non-hydrogen) atoms. The Labute approximate surface area is 186 Å². The van der Waals surface area contributed by atoms with E-state index in [9.17, 15) is 9.59 Å². The molecule has 1 N–H and O–H groups in total. The van der Waals surface area contributed by atoms with Gasteiger partial charge in [-0.05, 0) is 48.9 Å². The Hall–Kier alpha value is -4.00. The molecule has 0 aromatic heterocycles. The summed E-state index contributed by atoms with van der Waals surface area (Å²) in [4.78, 5) is 24.6. The minimum Gasteiger partial charge on any atom is -0.497 e. The summed E-state index contributed by atoms with van der Waals surface area (Å²) >= 11 is 0. The number of anilines is 1. The van der Waals surface area contributed by atoms with E-state index in [1.54, 1.807) is 37.3 Å². The molecule has 1 unspecified atom stereocenters. The van der Waals surface area contributed by atoms with Crippen molar-refractivity contribution in [3.8, 4) is 17.2 Å². The highest BCUT2D eigenvalue weighted by atomic mass is 16.5. The van der Waals surface area contributed by atoms with Gasteiger partial charge in [-0.2, -0.15) is 0 Å². The Morgan fingerprint density at radius 1 is 0.906 bits per heavy atom.